The number of nitrogens with one attached hydrogen (secondary N) is 1. The normalized spacial score (nSPS) is 11.8. The van der Waals surface area contributed by atoms with Gasteiger partial charge in [0.1, 0.15) is 11.8 Å². The molecule has 26 heavy (non-hydrogen) atoms. The standard InChI is InChI=1S/C18H19N5O3/c1-13(18(25)19-12-14-4-6-15(26-2)7-5-14)23-17(24)9-8-16(21-23)22-11-3-10-20-22/h3-11,13H,12H2,1-2H3,(H,19,25). The van der Waals surface area contributed by atoms with Crippen LogP contribution in [-0.4, -0.2) is 32.6 Å². The highest BCUT2D eigenvalue weighted by Crippen LogP contribution is 2.11. The van der Waals surface area contributed by atoms with E-state index in [4.69, 9.17) is 4.74 Å². The largest absolute Gasteiger partial charge is 0.497 e. The fourth-order valence-corrected chi connectivity index (χ4v) is 2.41. The molecule has 8 heteroatoms. The Balaban J connectivity index is 1.71. The first-order valence-corrected chi connectivity index (χ1v) is 8.09. The SMILES string of the molecule is COc1ccc(CNC(=O)C(C)n2nc(-n3cccn3)ccc2=O)cc1. The monoisotopic (exact) mass is 353 g/mol. The van der Waals surface area contributed by atoms with Gasteiger partial charge in [-0.1, -0.05) is 12.1 Å². The lowest BCUT2D eigenvalue weighted by molar-refractivity contribution is -0.124. The molecule has 0 spiro atoms. The first-order chi connectivity index (χ1) is 12.6. The molecule has 0 radical (unpaired) electrons. The fourth-order valence-electron chi connectivity index (χ4n) is 2.41. The first-order valence-electron chi connectivity index (χ1n) is 8.09. The third-order valence-corrected chi connectivity index (χ3v) is 3.92. The minimum Gasteiger partial charge on any atom is -0.497 e. The summed E-state index contributed by atoms with van der Waals surface area (Å²) in [6.45, 7) is 1.98. The van der Waals surface area contributed by atoms with Crippen LogP contribution >= 0.6 is 0 Å². The molecule has 0 fully saturated rings. The molecule has 1 unspecified atom stereocenters. The van der Waals surface area contributed by atoms with E-state index in [0.717, 1.165) is 16.0 Å². The van der Waals surface area contributed by atoms with Gasteiger partial charge in [0, 0.05) is 25.0 Å². The molecule has 8 nitrogen and oxygen atoms in total. The number of ether oxygens (including phenoxy) is 1. The zero-order valence-corrected chi connectivity index (χ0v) is 14.5. The molecule has 0 bridgehead atoms. The Labute approximate surface area is 150 Å². The Hall–Kier alpha value is -3.42. The molecule has 0 aliphatic rings. The topological polar surface area (TPSA) is 91.0 Å². The van der Waals surface area contributed by atoms with Gasteiger partial charge < -0.3 is 10.1 Å². The van der Waals surface area contributed by atoms with Crippen molar-refractivity contribution in [1.29, 1.82) is 0 Å². The number of carbonyl (C=O) groups excluding carboxylic acids is 1. The van der Waals surface area contributed by atoms with Crippen molar-refractivity contribution < 1.29 is 9.53 Å². The number of amides is 1. The fraction of sp³-hybridized carbons (Fsp3) is 0.222. The smallest absolute Gasteiger partial charge is 0.267 e. The second-order valence-electron chi connectivity index (χ2n) is 5.67. The van der Waals surface area contributed by atoms with E-state index in [0.29, 0.717) is 12.4 Å². The molecular formula is C18H19N5O3. The van der Waals surface area contributed by atoms with Crippen LogP contribution in [0.25, 0.3) is 5.82 Å². The summed E-state index contributed by atoms with van der Waals surface area (Å²) in [7, 11) is 1.60. The Morgan fingerprint density at radius 1 is 1.23 bits per heavy atom. The maximum absolute atomic E-state index is 12.4. The van der Waals surface area contributed by atoms with Gasteiger partial charge in [-0.15, -0.1) is 5.10 Å². The van der Waals surface area contributed by atoms with Gasteiger partial charge in [-0.3, -0.25) is 9.59 Å². The number of hydrogen-bond donors (Lipinski definition) is 1. The summed E-state index contributed by atoms with van der Waals surface area (Å²) in [4.78, 5) is 24.5. The van der Waals surface area contributed by atoms with Crippen molar-refractivity contribution >= 4 is 5.91 Å². The summed E-state index contributed by atoms with van der Waals surface area (Å²) in [5, 5.41) is 11.1. The maximum Gasteiger partial charge on any atom is 0.267 e. The van der Waals surface area contributed by atoms with Crippen molar-refractivity contribution in [2.45, 2.75) is 19.5 Å². The minimum absolute atomic E-state index is 0.298. The van der Waals surface area contributed by atoms with Crippen molar-refractivity contribution in [1.82, 2.24) is 24.9 Å². The molecule has 2 heterocycles. The van der Waals surface area contributed by atoms with Crippen LogP contribution in [0.4, 0.5) is 0 Å². The van der Waals surface area contributed by atoms with E-state index in [-0.39, 0.29) is 11.5 Å². The van der Waals surface area contributed by atoms with E-state index in [9.17, 15) is 9.59 Å². The quantitative estimate of drug-likeness (QED) is 0.722. The Morgan fingerprint density at radius 2 is 2.00 bits per heavy atom. The number of methoxy groups -OCH3 is 1. The lowest BCUT2D eigenvalue weighted by atomic mass is 10.2. The molecule has 1 atom stereocenters. The van der Waals surface area contributed by atoms with Crippen LogP contribution in [0.5, 0.6) is 5.75 Å². The summed E-state index contributed by atoms with van der Waals surface area (Å²) in [5.74, 6) is 0.914. The van der Waals surface area contributed by atoms with E-state index < -0.39 is 6.04 Å². The number of carbonyl (C=O) groups is 1. The molecule has 0 saturated heterocycles. The summed E-state index contributed by atoms with van der Waals surface area (Å²) < 4.78 is 7.78. The second kappa shape index (κ2) is 7.64. The third-order valence-electron chi connectivity index (χ3n) is 3.92. The van der Waals surface area contributed by atoms with Crippen LogP contribution < -0.4 is 15.6 Å². The van der Waals surface area contributed by atoms with Gasteiger partial charge in [-0.25, -0.2) is 9.36 Å². The van der Waals surface area contributed by atoms with E-state index >= 15 is 0 Å². The predicted octanol–water partition coefficient (Wildman–Crippen LogP) is 1.31. The third kappa shape index (κ3) is 3.80. The lowest BCUT2D eigenvalue weighted by Crippen LogP contribution is -2.37. The summed E-state index contributed by atoms with van der Waals surface area (Å²) in [6.07, 6.45) is 3.33. The van der Waals surface area contributed by atoms with Crippen molar-refractivity contribution in [2.75, 3.05) is 7.11 Å². The average molecular weight is 353 g/mol. The van der Waals surface area contributed by atoms with Crippen molar-refractivity contribution in [3.63, 3.8) is 0 Å². The second-order valence-corrected chi connectivity index (χ2v) is 5.67. The van der Waals surface area contributed by atoms with Gasteiger partial charge in [0.05, 0.1) is 7.11 Å². The summed E-state index contributed by atoms with van der Waals surface area (Å²) in [6, 6.07) is 11.3. The van der Waals surface area contributed by atoms with Crippen LogP contribution in [0.15, 0.2) is 59.7 Å². The molecule has 0 aliphatic carbocycles. The molecule has 3 aromatic rings. The van der Waals surface area contributed by atoms with Gasteiger partial charge in [0.15, 0.2) is 5.82 Å². The lowest BCUT2D eigenvalue weighted by Gasteiger charge is -2.15. The first kappa shape index (κ1) is 17.4. The van der Waals surface area contributed by atoms with Gasteiger partial charge in [0.2, 0.25) is 5.91 Å². The molecule has 3 rings (SSSR count). The zero-order valence-electron chi connectivity index (χ0n) is 14.5. The molecule has 0 aliphatic heterocycles. The highest BCUT2D eigenvalue weighted by atomic mass is 16.5. The van der Waals surface area contributed by atoms with Crippen molar-refractivity contribution in [3.8, 4) is 11.6 Å². The summed E-state index contributed by atoms with van der Waals surface area (Å²) in [5.41, 5.74) is 0.574. The highest BCUT2D eigenvalue weighted by Gasteiger charge is 2.18. The van der Waals surface area contributed by atoms with Gasteiger partial charge >= 0.3 is 0 Å². The van der Waals surface area contributed by atoms with E-state index in [1.807, 2.05) is 24.3 Å². The van der Waals surface area contributed by atoms with Crippen LogP contribution in [0.1, 0.15) is 18.5 Å². The van der Waals surface area contributed by atoms with Crippen LogP contribution in [0.2, 0.25) is 0 Å². The number of benzene rings is 1. The number of hydrogen-bond acceptors (Lipinski definition) is 5. The van der Waals surface area contributed by atoms with Crippen molar-refractivity contribution in [3.05, 3.63) is 70.8 Å². The zero-order chi connectivity index (χ0) is 18.5. The highest BCUT2D eigenvalue weighted by molar-refractivity contribution is 5.79. The van der Waals surface area contributed by atoms with Crippen LogP contribution in [0, 0.1) is 0 Å². The minimum atomic E-state index is -0.753. The molecule has 2 aromatic heterocycles. The average Bonchev–Trinajstić information content (AvgIpc) is 3.21. The predicted molar refractivity (Wildman–Crippen MR) is 95.2 cm³/mol. The summed E-state index contributed by atoms with van der Waals surface area (Å²) >= 11 is 0. The van der Waals surface area contributed by atoms with Crippen LogP contribution in [0.3, 0.4) is 0 Å². The Morgan fingerprint density at radius 3 is 2.65 bits per heavy atom. The Bertz CT molecular complexity index is 932. The Kier molecular flexibility index (Phi) is 5.12. The van der Waals surface area contributed by atoms with Gasteiger partial charge in [-0.2, -0.15) is 5.10 Å². The van der Waals surface area contributed by atoms with Gasteiger partial charge in [0.25, 0.3) is 5.56 Å². The van der Waals surface area contributed by atoms with E-state index in [1.54, 1.807) is 38.6 Å². The van der Waals surface area contributed by atoms with Gasteiger partial charge in [-0.05, 0) is 36.8 Å². The molecule has 1 aromatic carbocycles. The number of aromatic nitrogens is 4. The van der Waals surface area contributed by atoms with Crippen LogP contribution in [-0.2, 0) is 11.3 Å². The molecule has 134 valence electrons. The molecule has 1 amide bonds. The molecule has 1 N–H and O–H groups in total. The maximum atomic E-state index is 12.4. The van der Waals surface area contributed by atoms with Crippen molar-refractivity contribution in [2.24, 2.45) is 0 Å². The number of nitrogens with zero attached hydrogens (tertiary/aromatic N) is 4. The molecular weight excluding hydrogens is 334 g/mol. The number of rotatable bonds is 6. The van der Waals surface area contributed by atoms with E-state index in [2.05, 4.69) is 15.5 Å². The molecule has 0 saturated carbocycles. The van der Waals surface area contributed by atoms with E-state index in [1.165, 1.54) is 10.7 Å².